The number of hydrogen-bond acceptors (Lipinski definition) is 4. The Hall–Kier alpha value is -2.39. The first-order valence-electron chi connectivity index (χ1n) is 10.4. The van der Waals surface area contributed by atoms with E-state index >= 15 is 0 Å². The standard InChI is InChI=1S/C24H28N4O.2ClH/c1-29-22-8-6-21(7-9-22)28-14-12-27(13-15-28)11-3-2-4-20-18-26-24-10-5-19(17-25)16-23(20)24;;/h5-10,16,18,26H,2-4,11-15H2,1H3;2*1H. The second kappa shape index (κ2) is 11.9. The molecule has 0 spiro atoms. The molecule has 31 heavy (non-hydrogen) atoms. The highest BCUT2D eigenvalue weighted by molar-refractivity contribution is 5.86. The van der Waals surface area contributed by atoms with E-state index in [1.165, 1.54) is 29.5 Å². The van der Waals surface area contributed by atoms with Crippen LogP contribution in [-0.4, -0.2) is 49.7 Å². The van der Waals surface area contributed by atoms with Gasteiger partial charge in [0.15, 0.2) is 0 Å². The molecule has 0 unspecified atom stereocenters. The SMILES string of the molecule is COc1ccc(N2CCN(CCCCc3c[nH]c4ccc(C#N)cc34)CC2)cc1.Cl.Cl. The number of unbranched alkanes of at least 4 members (excludes halogenated alkanes) is 1. The van der Waals surface area contributed by atoms with Crippen LogP contribution in [0.1, 0.15) is 24.0 Å². The molecule has 1 saturated heterocycles. The number of benzene rings is 2. The number of aryl methyl sites for hydroxylation is 1. The van der Waals surface area contributed by atoms with Gasteiger partial charge in [-0.2, -0.15) is 5.26 Å². The monoisotopic (exact) mass is 460 g/mol. The normalized spacial score (nSPS) is 13.9. The summed E-state index contributed by atoms with van der Waals surface area (Å²) in [5, 5.41) is 10.3. The van der Waals surface area contributed by atoms with Crippen LogP contribution in [0.15, 0.2) is 48.7 Å². The summed E-state index contributed by atoms with van der Waals surface area (Å²) in [5.41, 5.74) is 4.45. The number of fused-ring (bicyclic) bond motifs is 1. The molecule has 0 bridgehead atoms. The average molecular weight is 461 g/mol. The topological polar surface area (TPSA) is 55.3 Å². The lowest BCUT2D eigenvalue weighted by molar-refractivity contribution is 0.253. The van der Waals surface area contributed by atoms with Crippen LogP contribution in [0, 0.1) is 11.3 Å². The Bertz CT molecular complexity index is 989. The van der Waals surface area contributed by atoms with Crippen molar-refractivity contribution in [3.05, 3.63) is 59.8 Å². The van der Waals surface area contributed by atoms with Gasteiger partial charge >= 0.3 is 0 Å². The Kier molecular flexibility index (Phi) is 9.51. The number of piperazine rings is 1. The highest BCUT2D eigenvalue weighted by atomic mass is 35.5. The van der Waals surface area contributed by atoms with E-state index in [0.717, 1.165) is 56.0 Å². The Morgan fingerprint density at radius 3 is 2.42 bits per heavy atom. The number of nitrogens with zero attached hydrogens (tertiary/aromatic N) is 3. The molecule has 0 saturated carbocycles. The van der Waals surface area contributed by atoms with Crippen molar-refractivity contribution in [1.29, 1.82) is 5.26 Å². The van der Waals surface area contributed by atoms with Crippen LogP contribution >= 0.6 is 24.8 Å². The third-order valence-electron chi connectivity index (χ3n) is 5.88. The fourth-order valence-electron chi connectivity index (χ4n) is 4.13. The molecule has 3 aromatic rings. The van der Waals surface area contributed by atoms with Crippen molar-refractivity contribution < 1.29 is 4.74 Å². The second-order valence-electron chi connectivity index (χ2n) is 7.67. The van der Waals surface area contributed by atoms with Crippen molar-refractivity contribution in [1.82, 2.24) is 9.88 Å². The zero-order valence-electron chi connectivity index (χ0n) is 17.8. The fourth-order valence-corrected chi connectivity index (χ4v) is 4.13. The lowest BCUT2D eigenvalue weighted by Gasteiger charge is -2.36. The van der Waals surface area contributed by atoms with Crippen LogP contribution in [0.2, 0.25) is 0 Å². The van der Waals surface area contributed by atoms with Crippen LogP contribution in [0.4, 0.5) is 5.69 Å². The van der Waals surface area contributed by atoms with Crippen molar-refractivity contribution in [2.75, 3.05) is 44.7 Å². The lowest BCUT2D eigenvalue weighted by Crippen LogP contribution is -2.46. The summed E-state index contributed by atoms with van der Waals surface area (Å²) in [5.74, 6) is 0.909. The molecule has 0 atom stereocenters. The average Bonchev–Trinajstić information content (AvgIpc) is 3.19. The van der Waals surface area contributed by atoms with Crippen LogP contribution in [0.25, 0.3) is 10.9 Å². The van der Waals surface area contributed by atoms with Crippen LogP contribution in [0.3, 0.4) is 0 Å². The number of nitriles is 1. The third kappa shape index (κ3) is 6.07. The van der Waals surface area contributed by atoms with Crippen molar-refractivity contribution in [3.8, 4) is 11.8 Å². The lowest BCUT2D eigenvalue weighted by atomic mass is 10.1. The summed E-state index contributed by atoms with van der Waals surface area (Å²) in [4.78, 5) is 8.35. The molecule has 1 aliphatic rings. The second-order valence-corrected chi connectivity index (χ2v) is 7.67. The molecule has 1 aromatic heterocycles. The number of rotatable bonds is 7. The summed E-state index contributed by atoms with van der Waals surface area (Å²) in [6.07, 6.45) is 5.52. The first-order chi connectivity index (χ1) is 14.3. The third-order valence-corrected chi connectivity index (χ3v) is 5.88. The van der Waals surface area contributed by atoms with Gasteiger partial charge in [0.05, 0.1) is 18.7 Å². The quantitative estimate of drug-likeness (QED) is 0.501. The highest BCUT2D eigenvalue weighted by Gasteiger charge is 2.17. The van der Waals surface area contributed by atoms with Gasteiger partial charge in [-0.1, -0.05) is 0 Å². The maximum atomic E-state index is 9.12. The first-order valence-corrected chi connectivity index (χ1v) is 10.4. The first kappa shape index (κ1) is 24.9. The highest BCUT2D eigenvalue weighted by Crippen LogP contribution is 2.22. The predicted molar refractivity (Wildman–Crippen MR) is 132 cm³/mol. The molecule has 0 aliphatic carbocycles. The maximum absolute atomic E-state index is 9.12. The fraction of sp³-hybridized carbons (Fsp3) is 0.375. The van der Waals surface area contributed by atoms with E-state index in [4.69, 9.17) is 10.00 Å². The number of ether oxygens (including phenoxy) is 1. The number of hydrogen-bond donors (Lipinski definition) is 1. The van der Waals surface area contributed by atoms with Gasteiger partial charge in [0.25, 0.3) is 0 Å². The molecule has 166 valence electrons. The van der Waals surface area contributed by atoms with Crippen LogP contribution in [0.5, 0.6) is 5.75 Å². The van der Waals surface area contributed by atoms with E-state index < -0.39 is 0 Å². The van der Waals surface area contributed by atoms with E-state index in [0.29, 0.717) is 0 Å². The predicted octanol–water partition coefficient (Wildman–Crippen LogP) is 5.04. The number of H-pyrrole nitrogens is 1. The van der Waals surface area contributed by atoms with Gasteiger partial charge in [-0.05, 0) is 73.8 Å². The van der Waals surface area contributed by atoms with Gasteiger partial charge < -0.3 is 14.6 Å². The molecule has 0 amide bonds. The van der Waals surface area contributed by atoms with Gasteiger partial charge in [-0.15, -0.1) is 24.8 Å². The molecule has 2 heterocycles. The molecule has 5 nitrogen and oxygen atoms in total. The number of anilines is 1. The zero-order chi connectivity index (χ0) is 20.1. The molecular formula is C24H30Cl2N4O. The summed E-state index contributed by atoms with van der Waals surface area (Å²) >= 11 is 0. The molecule has 1 aliphatic heterocycles. The van der Waals surface area contributed by atoms with Crippen molar-refractivity contribution in [2.24, 2.45) is 0 Å². The molecule has 1 fully saturated rings. The van der Waals surface area contributed by atoms with Crippen LogP contribution in [-0.2, 0) is 6.42 Å². The zero-order valence-corrected chi connectivity index (χ0v) is 19.5. The number of methoxy groups -OCH3 is 1. The van der Waals surface area contributed by atoms with Gasteiger partial charge in [0, 0.05) is 49.0 Å². The molecular weight excluding hydrogens is 431 g/mol. The van der Waals surface area contributed by atoms with Gasteiger partial charge in [-0.25, -0.2) is 0 Å². The molecule has 2 aromatic carbocycles. The summed E-state index contributed by atoms with van der Waals surface area (Å²) in [6.45, 7) is 5.54. The smallest absolute Gasteiger partial charge is 0.119 e. The van der Waals surface area contributed by atoms with E-state index in [1.807, 2.05) is 30.3 Å². The largest absolute Gasteiger partial charge is 0.497 e. The Morgan fingerprint density at radius 2 is 1.74 bits per heavy atom. The molecule has 7 heteroatoms. The molecule has 1 N–H and O–H groups in total. The minimum atomic E-state index is 0. The minimum absolute atomic E-state index is 0. The minimum Gasteiger partial charge on any atom is -0.497 e. The Labute approximate surface area is 196 Å². The van der Waals surface area contributed by atoms with Gasteiger partial charge in [0.2, 0.25) is 0 Å². The number of nitrogens with one attached hydrogen (secondary N) is 1. The maximum Gasteiger partial charge on any atom is 0.119 e. The van der Waals surface area contributed by atoms with E-state index in [1.54, 1.807) is 7.11 Å². The molecule has 0 radical (unpaired) electrons. The van der Waals surface area contributed by atoms with Gasteiger partial charge in [-0.3, -0.25) is 4.90 Å². The van der Waals surface area contributed by atoms with E-state index in [-0.39, 0.29) is 24.8 Å². The summed E-state index contributed by atoms with van der Waals surface area (Å²) in [6, 6.07) is 16.5. The summed E-state index contributed by atoms with van der Waals surface area (Å²) in [7, 11) is 1.70. The van der Waals surface area contributed by atoms with Crippen molar-refractivity contribution in [3.63, 3.8) is 0 Å². The molecule has 4 rings (SSSR count). The number of halogens is 2. The number of aromatic nitrogens is 1. The van der Waals surface area contributed by atoms with Crippen molar-refractivity contribution in [2.45, 2.75) is 19.3 Å². The Balaban J connectivity index is 0.00000171. The number of aromatic amines is 1. The summed E-state index contributed by atoms with van der Waals surface area (Å²) < 4.78 is 5.25. The van der Waals surface area contributed by atoms with Gasteiger partial charge in [0.1, 0.15) is 5.75 Å². The Morgan fingerprint density at radius 1 is 1.00 bits per heavy atom. The van der Waals surface area contributed by atoms with Crippen molar-refractivity contribution >= 4 is 41.4 Å². The van der Waals surface area contributed by atoms with Crippen LogP contribution < -0.4 is 9.64 Å². The van der Waals surface area contributed by atoms with E-state index in [2.05, 4.69) is 39.2 Å². The van der Waals surface area contributed by atoms with E-state index in [9.17, 15) is 0 Å².